The maximum absolute atomic E-state index is 8.41. The normalized spacial score (nSPS) is 14.4. The molecule has 0 fully saturated rings. The molecular formula is C86H80N4O2. The fraction of sp³-hybridized carbons (Fsp3) is 0.209. The smallest absolute Gasteiger partial charge is 0.205 e. The zero-order valence-electron chi connectivity index (χ0n) is 55.0. The summed E-state index contributed by atoms with van der Waals surface area (Å²) in [5, 5.41) is 0. The van der Waals surface area contributed by atoms with Gasteiger partial charge < -0.3 is 18.6 Å². The van der Waals surface area contributed by atoms with Crippen molar-refractivity contribution in [2.24, 2.45) is 0 Å². The third-order valence-corrected chi connectivity index (χ3v) is 19.6. The fourth-order valence-electron chi connectivity index (χ4n) is 14.9. The van der Waals surface area contributed by atoms with Gasteiger partial charge >= 0.3 is 0 Å². The second kappa shape index (κ2) is 21.3. The monoisotopic (exact) mass is 1200 g/mol. The molecule has 2 aromatic heterocycles. The van der Waals surface area contributed by atoms with Gasteiger partial charge in [0.2, 0.25) is 11.8 Å². The molecule has 0 bridgehead atoms. The van der Waals surface area contributed by atoms with Crippen LogP contribution >= 0.6 is 0 Å². The van der Waals surface area contributed by atoms with Crippen LogP contribution in [0.1, 0.15) is 150 Å². The lowest BCUT2D eigenvalue weighted by Crippen LogP contribution is -2.48. The highest BCUT2D eigenvalue weighted by Crippen LogP contribution is 2.70. The van der Waals surface area contributed by atoms with Crippen LogP contribution in [0.5, 0.6) is 0 Å². The molecule has 0 unspecified atom stereocenters. The molecule has 12 aromatic rings. The summed E-state index contributed by atoms with van der Waals surface area (Å²) in [5.74, 6) is 3.00. The maximum Gasteiger partial charge on any atom is 0.205 e. The van der Waals surface area contributed by atoms with Crippen LogP contribution in [-0.4, -0.2) is 0 Å². The quantitative estimate of drug-likeness (QED) is 0.151. The van der Waals surface area contributed by atoms with Crippen LogP contribution in [0.3, 0.4) is 0 Å². The van der Waals surface area contributed by atoms with Gasteiger partial charge in [-0.05, 0) is 163 Å². The molecule has 0 amide bonds. The van der Waals surface area contributed by atoms with Gasteiger partial charge in [0.05, 0.1) is 22.7 Å². The van der Waals surface area contributed by atoms with E-state index in [-0.39, 0.29) is 21.7 Å². The van der Waals surface area contributed by atoms with Crippen LogP contribution in [0.2, 0.25) is 0 Å². The van der Waals surface area contributed by atoms with Crippen molar-refractivity contribution in [2.75, 3.05) is 19.6 Å². The fourth-order valence-corrected chi connectivity index (χ4v) is 14.9. The standard InChI is InChI=1S/C86H80N4O2/c1-81(2,3)57-39-47-63(48-40-57)87(64-49-41-58(42-50-64)82(4,5)6)77-55-71-79(91-77)86(69-33-21-25-37-75(69)90(62-29-17-14-18-30-62)76-38-26-22-34-70(76)86)72-56-78(88(65-51-43-59(44-52-65)83(7,8)9)66-53-45-60(46-54-66)84(10,11)12)92-80(72)85(71)67-31-19-23-35-73(67)89(61-27-15-13-16-28-61)74-36-24-20-32-68(74)85/h13-56H,1-12H3. The Morgan fingerprint density at radius 2 is 0.489 bits per heavy atom. The van der Waals surface area contributed by atoms with Gasteiger partial charge in [0.1, 0.15) is 22.4 Å². The molecule has 0 N–H and O–H groups in total. The molecule has 456 valence electrons. The topological polar surface area (TPSA) is 39.2 Å². The molecule has 4 heterocycles. The molecule has 0 atom stereocenters. The molecule has 3 aliphatic rings. The first-order valence-corrected chi connectivity index (χ1v) is 32.6. The average molecular weight is 1200 g/mol. The molecule has 92 heavy (non-hydrogen) atoms. The first-order valence-electron chi connectivity index (χ1n) is 32.6. The Hall–Kier alpha value is -10.0. The van der Waals surface area contributed by atoms with Gasteiger partial charge in [-0.3, -0.25) is 9.80 Å². The van der Waals surface area contributed by atoms with Gasteiger partial charge in [0, 0.05) is 57.4 Å². The van der Waals surface area contributed by atoms with Gasteiger partial charge in [-0.25, -0.2) is 0 Å². The molecule has 0 radical (unpaired) electrons. The summed E-state index contributed by atoms with van der Waals surface area (Å²) in [7, 11) is 0. The number of benzene rings is 10. The van der Waals surface area contributed by atoms with E-state index in [0.717, 1.165) is 102 Å². The summed E-state index contributed by atoms with van der Waals surface area (Å²) in [4.78, 5) is 9.55. The van der Waals surface area contributed by atoms with E-state index in [0.29, 0.717) is 11.8 Å². The maximum atomic E-state index is 8.41. The molecule has 6 nitrogen and oxygen atoms in total. The molecule has 6 heteroatoms. The van der Waals surface area contributed by atoms with E-state index in [2.05, 4.69) is 370 Å². The Morgan fingerprint density at radius 1 is 0.261 bits per heavy atom. The molecule has 2 aliphatic heterocycles. The average Bonchev–Trinajstić information content (AvgIpc) is 0.839. The van der Waals surface area contributed by atoms with Gasteiger partial charge in [-0.15, -0.1) is 0 Å². The predicted octanol–water partition coefficient (Wildman–Crippen LogP) is 23.6. The summed E-state index contributed by atoms with van der Waals surface area (Å²) < 4.78 is 16.8. The SMILES string of the molecule is CC(C)(C)c1ccc(N(c2ccc(C(C)(C)C)cc2)c2cc3c(o2)C2(c4ccccc4N(c4ccccc4)c4ccccc42)c2cc(N(c4ccc(C(C)(C)C)cc4)c4ccc(C(C)(C)C)cc4)oc2C32c3ccccc3N(c3ccccc3)c3ccccc32)cc1. The summed E-state index contributed by atoms with van der Waals surface area (Å²) in [5.41, 5.74) is 19.0. The third kappa shape index (κ3) is 9.11. The van der Waals surface area contributed by atoms with Crippen LogP contribution in [0.25, 0.3) is 0 Å². The minimum atomic E-state index is -1.15. The molecule has 1 aliphatic carbocycles. The van der Waals surface area contributed by atoms with Crippen molar-refractivity contribution in [3.8, 4) is 0 Å². The Kier molecular flexibility index (Phi) is 13.5. The van der Waals surface area contributed by atoms with Gasteiger partial charge in [0.15, 0.2) is 0 Å². The molecule has 15 rings (SSSR count). The van der Waals surface area contributed by atoms with E-state index < -0.39 is 10.8 Å². The van der Waals surface area contributed by atoms with E-state index in [1.807, 2.05) is 0 Å². The number of rotatable bonds is 8. The summed E-state index contributed by atoms with van der Waals surface area (Å²) in [6, 6.07) is 98.8. The van der Waals surface area contributed by atoms with Crippen molar-refractivity contribution < 1.29 is 8.83 Å². The predicted molar refractivity (Wildman–Crippen MR) is 382 cm³/mol. The molecule has 0 saturated heterocycles. The van der Waals surface area contributed by atoms with E-state index in [1.165, 1.54) is 22.3 Å². The van der Waals surface area contributed by atoms with Crippen molar-refractivity contribution in [1.29, 1.82) is 0 Å². The minimum absolute atomic E-state index is 0.0645. The zero-order valence-corrected chi connectivity index (χ0v) is 55.0. The van der Waals surface area contributed by atoms with Crippen LogP contribution in [0, 0.1) is 0 Å². The second-order valence-electron chi connectivity index (χ2n) is 29.4. The van der Waals surface area contributed by atoms with Crippen LogP contribution in [0.4, 0.5) is 68.6 Å². The van der Waals surface area contributed by atoms with E-state index in [9.17, 15) is 0 Å². The lowest BCUT2D eigenvalue weighted by atomic mass is 9.53. The zero-order chi connectivity index (χ0) is 63.7. The first kappa shape index (κ1) is 58.3. The Labute approximate surface area is 543 Å². The van der Waals surface area contributed by atoms with Gasteiger partial charge in [0.25, 0.3) is 0 Å². The van der Waals surface area contributed by atoms with Crippen molar-refractivity contribution in [3.63, 3.8) is 0 Å². The first-order chi connectivity index (χ1) is 44.2. The number of fused-ring (bicyclic) bond motifs is 14. The van der Waals surface area contributed by atoms with Crippen molar-refractivity contribution in [1.82, 2.24) is 0 Å². The number of anilines is 12. The lowest BCUT2D eigenvalue weighted by molar-refractivity contribution is 0.398. The van der Waals surface area contributed by atoms with Crippen molar-refractivity contribution in [2.45, 2.75) is 116 Å². The molecule has 10 aromatic carbocycles. The van der Waals surface area contributed by atoms with Crippen molar-refractivity contribution in [3.05, 3.63) is 334 Å². The highest BCUT2D eigenvalue weighted by atomic mass is 16.4. The third-order valence-electron chi connectivity index (χ3n) is 19.6. The Balaban J connectivity index is 1.12. The molecular weight excluding hydrogens is 1120 g/mol. The highest BCUT2D eigenvalue weighted by molar-refractivity contribution is 5.96. The number of hydrogen-bond acceptors (Lipinski definition) is 6. The summed E-state index contributed by atoms with van der Waals surface area (Å²) in [6.45, 7) is 27.3. The summed E-state index contributed by atoms with van der Waals surface area (Å²) in [6.07, 6.45) is 0. The van der Waals surface area contributed by atoms with Gasteiger partial charge in [-0.1, -0.05) is 241 Å². The minimum Gasteiger partial charge on any atom is -0.443 e. The molecule has 0 saturated carbocycles. The van der Waals surface area contributed by atoms with E-state index in [1.54, 1.807) is 0 Å². The van der Waals surface area contributed by atoms with E-state index in [4.69, 9.17) is 8.83 Å². The lowest BCUT2D eigenvalue weighted by Gasteiger charge is -2.51. The number of nitrogens with zero attached hydrogens (tertiary/aromatic N) is 4. The summed E-state index contributed by atoms with van der Waals surface area (Å²) >= 11 is 0. The Morgan fingerprint density at radius 3 is 0.728 bits per heavy atom. The van der Waals surface area contributed by atoms with Crippen molar-refractivity contribution >= 4 is 68.6 Å². The van der Waals surface area contributed by atoms with Crippen LogP contribution in [0.15, 0.2) is 276 Å². The number of hydrogen-bond donors (Lipinski definition) is 0. The van der Waals surface area contributed by atoms with Crippen LogP contribution < -0.4 is 19.6 Å². The highest BCUT2D eigenvalue weighted by Gasteiger charge is 2.64. The van der Waals surface area contributed by atoms with E-state index >= 15 is 0 Å². The largest absolute Gasteiger partial charge is 0.443 e. The number of para-hydroxylation sites is 6. The van der Waals surface area contributed by atoms with Crippen LogP contribution in [-0.2, 0) is 32.5 Å². The Bertz CT molecular complexity index is 4160. The van der Waals surface area contributed by atoms with Gasteiger partial charge in [-0.2, -0.15) is 0 Å². The molecule has 2 spiro atoms. The second-order valence-corrected chi connectivity index (χ2v) is 29.4. The number of furan rings is 2.